The largest absolute Gasteiger partial charge is 0.480 e. The molecule has 2 N–H and O–H groups in total. The molecule has 24 heavy (non-hydrogen) atoms. The molecular weight excluding hydrogens is 330 g/mol. The van der Waals surface area contributed by atoms with Crippen molar-refractivity contribution in [3.8, 4) is 0 Å². The lowest BCUT2D eigenvalue weighted by Crippen LogP contribution is -2.42. The minimum absolute atomic E-state index is 0.0524. The van der Waals surface area contributed by atoms with E-state index in [-0.39, 0.29) is 17.6 Å². The number of aryl methyl sites for hydroxylation is 2. The van der Waals surface area contributed by atoms with Gasteiger partial charge in [0.1, 0.15) is 6.04 Å². The molecule has 0 fully saturated rings. The zero-order valence-electron chi connectivity index (χ0n) is 14.1. The molecule has 2 rings (SSSR count). The van der Waals surface area contributed by atoms with Crippen molar-refractivity contribution in [2.45, 2.75) is 45.3 Å². The molecule has 2 aromatic rings. The van der Waals surface area contributed by atoms with Crippen molar-refractivity contribution in [3.05, 3.63) is 17.5 Å². The van der Waals surface area contributed by atoms with Crippen LogP contribution in [-0.2, 0) is 9.59 Å². The zero-order chi connectivity index (χ0) is 17.9. The van der Waals surface area contributed by atoms with Gasteiger partial charge >= 0.3 is 5.97 Å². The van der Waals surface area contributed by atoms with Crippen molar-refractivity contribution in [2.75, 3.05) is 5.75 Å². The number of thioether (sulfide) groups is 1. The molecule has 0 bridgehead atoms. The standard InChI is InChI=1S/C15H21N5O3S/c1-8(2)5-11(13(22)23)17-12(21)7-24-15-18-14-16-9(3)6-10(4)20(14)19-15/h6,8,11H,5,7H2,1-4H3,(H,17,21)(H,22,23). The molecule has 8 nitrogen and oxygen atoms in total. The fraction of sp³-hybridized carbons (Fsp3) is 0.533. The Morgan fingerprint density at radius 2 is 2.04 bits per heavy atom. The third kappa shape index (κ3) is 4.67. The third-order valence-electron chi connectivity index (χ3n) is 3.27. The van der Waals surface area contributed by atoms with Crippen LogP contribution in [0.5, 0.6) is 0 Å². The number of carboxylic acid groups (broad SMARTS) is 1. The second-order valence-electron chi connectivity index (χ2n) is 6.02. The molecule has 0 aromatic carbocycles. The number of carbonyl (C=O) groups is 2. The summed E-state index contributed by atoms with van der Waals surface area (Å²) >= 11 is 1.15. The first kappa shape index (κ1) is 18.2. The molecule has 0 radical (unpaired) electrons. The van der Waals surface area contributed by atoms with E-state index in [9.17, 15) is 9.59 Å². The van der Waals surface area contributed by atoms with Gasteiger partial charge in [-0.1, -0.05) is 25.6 Å². The van der Waals surface area contributed by atoms with Crippen molar-refractivity contribution in [1.82, 2.24) is 24.9 Å². The quantitative estimate of drug-likeness (QED) is 0.727. The van der Waals surface area contributed by atoms with Crippen molar-refractivity contribution >= 4 is 29.4 Å². The van der Waals surface area contributed by atoms with E-state index in [4.69, 9.17) is 5.11 Å². The summed E-state index contributed by atoms with van der Waals surface area (Å²) in [6.07, 6.45) is 0.390. The number of hydrogen-bond donors (Lipinski definition) is 2. The van der Waals surface area contributed by atoms with E-state index in [1.807, 2.05) is 33.8 Å². The van der Waals surface area contributed by atoms with Crippen LogP contribution in [0.2, 0.25) is 0 Å². The number of carbonyl (C=O) groups excluding carboxylic acids is 1. The average molecular weight is 351 g/mol. The van der Waals surface area contributed by atoms with Crippen LogP contribution in [0.15, 0.2) is 11.2 Å². The highest BCUT2D eigenvalue weighted by molar-refractivity contribution is 7.99. The monoisotopic (exact) mass is 351 g/mol. The van der Waals surface area contributed by atoms with E-state index in [0.717, 1.165) is 23.1 Å². The number of amides is 1. The van der Waals surface area contributed by atoms with Crippen LogP contribution < -0.4 is 5.32 Å². The Morgan fingerprint density at radius 3 is 2.67 bits per heavy atom. The molecule has 0 aliphatic rings. The Balaban J connectivity index is 1.98. The molecule has 130 valence electrons. The predicted molar refractivity (Wildman–Crippen MR) is 90.0 cm³/mol. The molecule has 0 spiro atoms. The smallest absolute Gasteiger partial charge is 0.326 e. The number of nitrogens with one attached hydrogen (secondary N) is 1. The molecule has 0 saturated carbocycles. The van der Waals surface area contributed by atoms with Gasteiger partial charge in [-0.3, -0.25) is 4.79 Å². The molecule has 0 aliphatic carbocycles. The third-order valence-corrected chi connectivity index (χ3v) is 4.11. The summed E-state index contributed by atoms with van der Waals surface area (Å²) in [6.45, 7) is 7.60. The summed E-state index contributed by atoms with van der Waals surface area (Å²) < 4.78 is 1.62. The number of nitrogens with zero attached hydrogens (tertiary/aromatic N) is 4. The van der Waals surface area contributed by atoms with Gasteiger partial charge < -0.3 is 10.4 Å². The summed E-state index contributed by atoms with van der Waals surface area (Å²) in [7, 11) is 0. The van der Waals surface area contributed by atoms with Crippen LogP contribution in [0, 0.1) is 19.8 Å². The maximum Gasteiger partial charge on any atom is 0.326 e. The Bertz CT molecular complexity index is 759. The normalized spacial score (nSPS) is 12.5. The minimum Gasteiger partial charge on any atom is -0.480 e. The topological polar surface area (TPSA) is 109 Å². The fourth-order valence-corrected chi connectivity index (χ4v) is 2.90. The van der Waals surface area contributed by atoms with Crippen LogP contribution in [0.3, 0.4) is 0 Å². The number of aliphatic carboxylic acids is 1. The van der Waals surface area contributed by atoms with E-state index in [0.29, 0.717) is 17.4 Å². The summed E-state index contributed by atoms with van der Waals surface area (Å²) in [5, 5.41) is 16.4. The highest BCUT2D eigenvalue weighted by Gasteiger charge is 2.21. The molecule has 9 heteroatoms. The minimum atomic E-state index is -1.02. The molecular formula is C15H21N5O3S. The van der Waals surface area contributed by atoms with Gasteiger partial charge in [0, 0.05) is 11.4 Å². The highest BCUT2D eigenvalue weighted by atomic mass is 32.2. The molecule has 0 aliphatic heterocycles. The van der Waals surface area contributed by atoms with Crippen LogP contribution >= 0.6 is 11.8 Å². The molecule has 0 saturated heterocycles. The van der Waals surface area contributed by atoms with Gasteiger partial charge in [-0.05, 0) is 32.3 Å². The summed E-state index contributed by atoms with van der Waals surface area (Å²) in [5.74, 6) is -0.664. The molecule has 1 atom stereocenters. The highest BCUT2D eigenvalue weighted by Crippen LogP contribution is 2.15. The Kier molecular flexibility index (Phi) is 5.76. The van der Waals surface area contributed by atoms with Gasteiger partial charge in [0.15, 0.2) is 0 Å². The SMILES string of the molecule is Cc1cc(C)n2nc(SCC(=O)NC(CC(C)C)C(=O)O)nc2n1. The van der Waals surface area contributed by atoms with E-state index < -0.39 is 12.0 Å². The first-order valence-corrected chi connectivity index (χ1v) is 8.60. The number of hydrogen-bond acceptors (Lipinski definition) is 6. The van der Waals surface area contributed by atoms with E-state index >= 15 is 0 Å². The van der Waals surface area contributed by atoms with Gasteiger partial charge in [0.2, 0.25) is 11.1 Å². The van der Waals surface area contributed by atoms with Crippen LogP contribution in [0.25, 0.3) is 5.78 Å². The molecule has 1 unspecified atom stereocenters. The van der Waals surface area contributed by atoms with Gasteiger partial charge in [0.25, 0.3) is 5.78 Å². The lowest BCUT2D eigenvalue weighted by Gasteiger charge is -2.15. The van der Waals surface area contributed by atoms with Crippen molar-refractivity contribution in [2.24, 2.45) is 5.92 Å². The summed E-state index contributed by atoms with van der Waals surface area (Å²) in [4.78, 5) is 31.7. The first-order chi connectivity index (χ1) is 11.3. The molecule has 1 amide bonds. The first-order valence-electron chi connectivity index (χ1n) is 7.62. The van der Waals surface area contributed by atoms with Crippen molar-refractivity contribution in [3.63, 3.8) is 0 Å². The Labute approximate surface area is 144 Å². The lowest BCUT2D eigenvalue weighted by molar-refractivity contribution is -0.141. The van der Waals surface area contributed by atoms with Gasteiger partial charge in [-0.15, -0.1) is 5.10 Å². The molecule has 2 heterocycles. The van der Waals surface area contributed by atoms with Crippen molar-refractivity contribution < 1.29 is 14.7 Å². The van der Waals surface area contributed by atoms with E-state index in [1.165, 1.54) is 0 Å². The molecule has 2 aromatic heterocycles. The van der Waals surface area contributed by atoms with Gasteiger partial charge in [0.05, 0.1) is 5.75 Å². The maximum atomic E-state index is 12.0. The number of rotatable bonds is 7. The van der Waals surface area contributed by atoms with Gasteiger partial charge in [-0.25, -0.2) is 14.3 Å². The van der Waals surface area contributed by atoms with E-state index in [2.05, 4.69) is 20.4 Å². The van der Waals surface area contributed by atoms with Crippen LogP contribution in [0.4, 0.5) is 0 Å². The predicted octanol–water partition coefficient (Wildman–Crippen LogP) is 1.45. The number of fused-ring (bicyclic) bond motifs is 1. The van der Waals surface area contributed by atoms with E-state index in [1.54, 1.807) is 4.52 Å². The zero-order valence-corrected chi connectivity index (χ0v) is 14.9. The summed E-state index contributed by atoms with van der Waals surface area (Å²) in [5.41, 5.74) is 1.75. The second kappa shape index (κ2) is 7.61. The fourth-order valence-electron chi connectivity index (χ4n) is 2.27. The summed E-state index contributed by atoms with van der Waals surface area (Å²) in [6, 6.07) is 1.02. The van der Waals surface area contributed by atoms with Crippen LogP contribution in [0.1, 0.15) is 31.7 Å². The number of carboxylic acids is 1. The number of aromatic nitrogens is 4. The lowest BCUT2D eigenvalue weighted by atomic mass is 10.0. The second-order valence-corrected chi connectivity index (χ2v) is 6.96. The van der Waals surface area contributed by atoms with Crippen molar-refractivity contribution in [1.29, 1.82) is 0 Å². The van der Waals surface area contributed by atoms with Gasteiger partial charge in [-0.2, -0.15) is 4.98 Å². The van der Waals surface area contributed by atoms with Crippen LogP contribution in [-0.4, -0.2) is 48.4 Å². The maximum absolute atomic E-state index is 12.0. The Morgan fingerprint density at radius 1 is 1.33 bits per heavy atom. The average Bonchev–Trinajstić information content (AvgIpc) is 2.87. The Hall–Kier alpha value is -2.16.